The monoisotopic (exact) mass is 274 g/mol. The summed E-state index contributed by atoms with van der Waals surface area (Å²) in [4.78, 5) is 16.3. The van der Waals surface area contributed by atoms with Crippen LogP contribution in [0.15, 0.2) is 30.7 Å². The quantitative estimate of drug-likeness (QED) is 0.890. The molecule has 0 aliphatic heterocycles. The summed E-state index contributed by atoms with van der Waals surface area (Å²) in [5, 5.41) is 6.93. The van der Waals surface area contributed by atoms with Gasteiger partial charge >= 0.3 is 0 Å². The van der Waals surface area contributed by atoms with Crippen LogP contribution >= 0.6 is 0 Å². The Morgan fingerprint density at radius 2 is 2.35 bits per heavy atom. The largest absolute Gasteiger partial charge is 0.495 e. The van der Waals surface area contributed by atoms with Crippen LogP contribution in [0.5, 0.6) is 5.75 Å². The van der Waals surface area contributed by atoms with E-state index in [9.17, 15) is 4.79 Å². The van der Waals surface area contributed by atoms with Gasteiger partial charge in [0.1, 0.15) is 11.4 Å². The molecule has 6 nitrogen and oxygen atoms in total. The van der Waals surface area contributed by atoms with Crippen molar-refractivity contribution < 1.29 is 9.53 Å². The van der Waals surface area contributed by atoms with E-state index < -0.39 is 0 Å². The first kappa shape index (κ1) is 14.0. The average molecular weight is 274 g/mol. The number of amides is 1. The zero-order chi connectivity index (χ0) is 14.5. The molecule has 0 aliphatic rings. The van der Waals surface area contributed by atoms with Gasteiger partial charge in [-0.3, -0.25) is 14.5 Å². The third-order valence-corrected chi connectivity index (χ3v) is 3.12. The van der Waals surface area contributed by atoms with Gasteiger partial charge in [0.05, 0.1) is 25.8 Å². The van der Waals surface area contributed by atoms with Crippen molar-refractivity contribution in [1.29, 1.82) is 0 Å². The highest BCUT2D eigenvalue weighted by Crippen LogP contribution is 2.16. The van der Waals surface area contributed by atoms with Crippen LogP contribution in [-0.2, 0) is 18.4 Å². The normalized spacial score (nSPS) is 11.9. The van der Waals surface area contributed by atoms with Crippen LogP contribution in [0.4, 0.5) is 0 Å². The fourth-order valence-corrected chi connectivity index (χ4v) is 1.88. The molecule has 0 radical (unpaired) electrons. The van der Waals surface area contributed by atoms with E-state index >= 15 is 0 Å². The third kappa shape index (κ3) is 3.14. The molecule has 0 saturated heterocycles. The molecule has 2 aromatic rings. The highest BCUT2D eigenvalue weighted by molar-refractivity contribution is 5.83. The van der Waals surface area contributed by atoms with Gasteiger partial charge in [-0.2, -0.15) is 5.10 Å². The lowest BCUT2D eigenvalue weighted by Crippen LogP contribution is -2.27. The molecule has 106 valence electrons. The lowest BCUT2D eigenvalue weighted by atomic mass is 10.0. The summed E-state index contributed by atoms with van der Waals surface area (Å²) in [5.41, 5.74) is 1.60. The molecule has 1 N–H and O–H groups in total. The smallest absolute Gasteiger partial charge is 0.227 e. The number of methoxy groups -OCH3 is 1. The number of nitrogens with zero attached hydrogens (tertiary/aromatic N) is 3. The van der Waals surface area contributed by atoms with Gasteiger partial charge in [0, 0.05) is 25.0 Å². The molecule has 0 saturated carbocycles. The number of ether oxygens (including phenoxy) is 1. The first-order valence-corrected chi connectivity index (χ1v) is 6.36. The van der Waals surface area contributed by atoms with Crippen LogP contribution in [0, 0.1) is 0 Å². The van der Waals surface area contributed by atoms with Crippen molar-refractivity contribution in [3.8, 4) is 5.75 Å². The number of hydrogen-bond donors (Lipinski definition) is 1. The number of aromatic nitrogens is 3. The SMILES string of the molecule is COc1cccnc1CNC(=O)C(C)c1cnn(C)c1. The van der Waals surface area contributed by atoms with Gasteiger partial charge in [-0.25, -0.2) is 0 Å². The summed E-state index contributed by atoms with van der Waals surface area (Å²) in [6.45, 7) is 2.19. The standard InChI is InChI=1S/C14H18N4O2/c1-10(11-7-17-18(2)9-11)14(19)16-8-12-13(20-3)5-4-6-15-12/h4-7,9-10H,8H2,1-3H3,(H,16,19). The molecule has 2 heterocycles. The molecular weight excluding hydrogens is 256 g/mol. The van der Waals surface area contributed by atoms with Gasteiger partial charge < -0.3 is 10.1 Å². The Labute approximate surface area is 117 Å². The van der Waals surface area contributed by atoms with Gasteiger partial charge in [-0.05, 0) is 19.1 Å². The topological polar surface area (TPSA) is 69.0 Å². The predicted octanol–water partition coefficient (Wildman–Crippen LogP) is 1.24. The molecule has 2 aromatic heterocycles. The van der Waals surface area contributed by atoms with E-state index in [1.165, 1.54) is 0 Å². The molecule has 2 rings (SSSR count). The second kappa shape index (κ2) is 6.18. The number of hydrogen-bond acceptors (Lipinski definition) is 4. The number of carbonyl (C=O) groups is 1. The number of carbonyl (C=O) groups excluding carboxylic acids is 1. The van der Waals surface area contributed by atoms with Crippen LogP contribution in [0.25, 0.3) is 0 Å². The fraction of sp³-hybridized carbons (Fsp3) is 0.357. The zero-order valence-electron chi connectivity index (χ0n) is 11.8. The minimum atomic E-state index is -0.251. The third-order valence-electron chi connectivity index (χ3n) is 3.12. The van der Waals surface area contributed by atoms with Crippen molar-refractivity contribution in [3.63, 3.8) is 0 Å². The first-order chi connectivity index (χ1) is 9.61. The van der Waals surface area contributed by atoms with Gasteiger partial charge in [0.25, 0.3) is 0 Å². The minimum absolute atomic E-state index is 0.0642. The summed E-state index contributed by atoms with van der Waals surface area (Å²) >= 11 is 0. The van der Waals surface area contributed by atoms with E-state index in [1.54, 1.807) is 30.3 Å². The Hall–Kier alpha value is -2.37. The summed E-state index contributed by atoms with van der Waals surface area (Å²) < 4.78 is 6.88. The Kier molecular flexibility index (Phi) is 4.34. The first-order valence-electron chi connectivity index (χ1n) is 6.36. The maximum atomic E-state index is 12.1. The van der Waals surface area contributed by atoms with E-state index in [4.69, 9.17) is 4.74 Å². The Morgan fingerprint density at radius 3 is 3.00 bits per heavy atom. The molecule has 0 bridgehead atoms. The van der Waals surface area contributed by atoms with E-state index in [1.807, 2.05) is 26.2 Å². The molecule has 0 fully saturated rings. The average Bonchev–Trinajstić information content (AvgIpc) is 2.90. The van der Waals surface area contributed by atoms with Gasteiger partial charge in [0.15, 0.2) is 0 Å². The highest BCUT2D eigenvalue weighted by Gasteiger charge is 2.17. The molecular formula is C14H18N4O2. The summed E-state index contributed by atoms with van der Waals surface area (Å²) in [6.07, 6.45) is 5.21. The number of nitrogens with one attached hydrogen (secondary N) is 1. The molecule has 1 amide bonds. The Bertz CT molecular complexity index is 594. The number of rotatable bonds is 5. The van der Waals surface area contributed by atoms with Crippen molar-refractivity contribution in [2.24, 2.45) is 7.05 Å². The van der Waals surface area contributed by atoms with Crippen LogP contribution in [0.2, 0.25) is 0 Å². The van der Waals surface area contributed by atoms with Crippen molar-refractivity contribution in [3.05, 3.63) is 42.0 Å². The van der Waals surface area contributed by atoms with Crippen LogP contribution in [0.1, 0.15) is 24.1 Å². The van der Waals surface area contributed by atoms with E-state index in [0.29, 0.717) is 18.0 Å². The van der Waals surface area contributed by atoms with E-state index in [-0.39, 0.29) is 11.8 Å². The lowest BCUT2D eigenvalue weighted by molar-refractivity contribution is -0.122. The second-order valence-corrected chi connectivity index (χ2v) is 4.54. The van der Waals surface area contributed by atoms with Crippen LogP contribution in [0.3, 0.4) is 0 Å². The maximum Gasteiger partial charge on any atom is 0.227 e. The molecule has 0 aliphatic carbocycles. The number of aryl methyl sites for hydroxylation is 1. The van der Waals surface area contributed by atoms with Crippen molar-refractivity contribution in [2.45, 2.75) is 19.4 Å². The predicted molar refractivity (Wildman–Crippen MR) is 74.3 cm³/mol. The molecule has 20 heavy (non-hydrogen) atoms. The van der Waals surface area contributed by atoms with Gasteiger partial charge in [0.2, 0.25) is 5.91 Å². The fourth-order valence-electron chi connectivity index (χ4n) is 1.88. The molecule has 1 unspecified atom stereocenters. The number of pyridine rings is 1. The molecule has 6 heteroatoms. The highest BCUT2D eigenvalue weighted by atomic mass is 16.5. The summed E-state index contributed by atoms with van der Waals surface area (Å²) in [6, 6.07) is 3.61. The van der Waals surface area contributed by atoms with Crippen molar-refractivity contribution in [1.82, 2.24) is 20.1 Å². The summed E-state index contributed by atoms with van der Waals surface area (Å²) in [7, 11) is 3.41. The molecule has 1 atom stereocenters. The van der Waals surface area contributed by atoms with E-state index in [0.717, 1.165) is 5.56 Å². The summed E-state index contributed by atoms with van der Waals surface area (Å²) in [5.74, 6) is 0.353. The van der Waals surface area contributed by atoms with Crippen molar-refractivity contribution in [2.75, 3.05) is 7.11 Å². The van der Waals surface area contributed by atoms with Gasteiger partial charge in [-0.1, -0.05) is 0 Å². The molecule has 0 spiro atoms. The van der Waals surface area contributed by atoms with Crippen LogP contribution < -0.4 is 10.1 Å². The maximum absolute atomic E-state index is 12.1. The minimum Gasteiger partial charge on any atom is -0.495 e. The van der Waals surface area contributed by atoms with Crippen LogP contribution in [-0.4, -0.2) is 27.8 Å². The van der Waals surface area contributed by atoms with Gasteiger partial charge in [-0.15, -0.1) is 0 Å². The molecule has 0 aromatic carbocycles. The van der Waals surface area contributed by atoms with Crippen molar-refractivity contribution >= 4 is 5.91 Å². The van der Waals surface area contributed by atoms with E-state index in [2.05, 4.69) is 15.4 Å². The Morgan fingerprint density at radius 1 is 1.55 bits per heavy atom. The zero-order valence-corrected chi connectivity index (χ0v) is 11.8. The second-order valence-electron chi connectivity index (χ2n) is 4.54. The lowest BCUT2D eigenvalue weighted by Gasteiger charge is -2.11. The Balaban J connectivity index is 1.98.